The Hall–Kier alpha value is -2.62. The highest BCUT2D eigenvalue weighted by Gasteiger charge is 2.49. The van der Waals surface area contributed by atoms with Crippen LogP contribution in [0.5, 0.6) is 0 Å². The van der Waals surface area contributed by atoms with Crippen LogP contribution in [-0.2, 0) is 21.5 Å². The number of carbonyl (C=O) groups excluding carboxylic acids is 2. The monoisotopic (exact) mass is 364 g/mol. The zero-order valence-electron chi connectivity index (χ0n) is 16.5. The minimum atomic E-state index is -0.224. The SMILES string of the molecule is CN(Cc1ccccc1)C(=O)C1CC1C(=O)Nc1ccc(C(C)(C)C)cc1. The van der Waals surface area contributed by atoms with Gasteiger partial charge in [0.25, 0.3) is 0 Å². The van der Waals surface area contributed by atoms with Gasteiger partial charge in [-0.25, -0.2) is 0 Å². The minimum Gasteiger partial charge on any atom is -0.341 e. The number of hydrogen-bond acceptors (Lipinski definition) is 2. The molecule has 1 N–H and O–H groups in total. The molecule has 27 heavy (non-hydrogen) atoms. The zero-order valence-corrected chi connectivity index (χ0v) is 16.5. The normalized spacial score (nSPS) is 18.7. The fraction of sp³-hybridized carbons (Fsp3) is 0.391. The Balaban J connectivity index is 1.53. The topological polar surface area (TPSA) is 49.4 Å². The maximum absolute atomic E-state index is 12.6. The van der Waals surface area contributed by atoms with Crippen molar-refractivity contribution in [2.24, 2.45) is 11.8 Å². The Morgan fingerprint density at radius 3 is 2.22 bits per heavy atom. The molecule has 142 valence electrons. The van der Waals surface area contributed by atoms with Crippen LogP contribution in [0.1, 0.15) is 38.3 Å². The van der Waals surface area contributed by atoms with Gasteiger partial charge in [0.1, 0.15) is 0 Å². The van der Waals surface area contributed by atoms with Gasteiger partial charge >= 0.3 is 0 Å². The van der Waals surface area contributed by atoms with Gasteiger partial charge in [0, 0.05) is 19.3 Å². The predicted molar refractivity (Wildman–Crippen MR) is 108 cm³/mol. The third-order valence-electron chi connectivity index (χ3n) is 5.10. The van der Waals surface area contributed by atoms with Crippen molar-refractivity contribution < 1.29 is 9.59 Å². The summed E-state index contributed by atoms with van der Waals surface area (Å²) < 4.78 is 0. The Kier molecular flexibility index (Phi) is 5.36. The van der Waals surface area contributed by atoms with Crippen molar-refractivity contribution in [1.29, 1.82) is 0 Å². The van der Waals surface area contributed by atoms with Crippen molar-refractivity contribution in [1.82, 2.24) is 4.90 Å². The summed E-state index contributed by atoms with van der Waals surface area (Å²) >= 11 is 0. The fourth-order valence-corrected chi connectivity index (χ4v) is 3.26. The average molecular weight is 364 g/mol. The third kappa shape index (κ3) is 4.76. The van der Waals surface area contributed by atoms with Crippen molar-refractivity contribution in [3.8, 4) is 0 Å². The van der Waals surface area contributed by atoms with Gasteiger partial charge in [-0.1, -0.05) is 63.2 Å². The third-order valence-corrected chi connectivity index (χ3v) is 5.10. The van der Waals surface area contributed by atoms with Crippen LogP contribution in [0, 0.1) is 11.8 Å². The smallest absolute Gasteiger partial charge is 0.228 e. The lowest BCUT2D eigenvalue weighted by molar-refractivity contribution is -0.133. The van der Waals surface area contributed by atoms with Gasteiger partial charge in [-0.05, 0) is 35.1 Å². The van der Waals surface area contributed by atoms with E-state index in [4.69, 9.17) is 0 Å². The lowest BCUT2D eigenvalue weighted by Gasteiger charge is -2.19. The zero-order chi connectivity index (χ0) is 19.6. The average Bonchev–Trinajstić information content (AvgIpc) is 3.42. The van der Waals surface area contributed by atoms with Crippen molar-refractivity contribution in [2.45, 2.75) is 39.2 Å². The second-order valence-electron chi connectivity index (χ2n) is 8.45. The molecule has 0 heterocycles. The number of carbonyl (C=O) groups is 2. The highest BCUT2D eigenvalue weighted by Crippen LogP contribution is 2.41. The molecule has 0 bridgehead atoms. The quantitative estimate of drug-likeness (QED) is 0.864. The maximum Gasteiger partial charge on any atom is 0.228 e. The number of nitrogens with zero attached hydrogens (tertiary/aromatic N) is 1. The molecule has 0 aromatic heterocycles. The summed E-state index contributed by atoms with van der Waals surface area (Å²) in [5.41, 5.74) is 3.18. The van der Waals surface area contributed by atoms with Crippen LogP contribution in [0.3, 0.4) is 0 Å². The molecule has 0 radical (unpaired) electrons. The van der Waals surface area contributed by atoms with Crippen molar-refractivity contribution in [3.63, 3.8) is 0 Å². The Labute approximate surface area is 161 Å². The van der Waals surface area contributed by atoms with Gasteiger partial charge in [-0.15, -0.1) is 0 Å². The highest BCUT2D eigenvalue weighted by molar-refractivity contribution is 5.99. The molecule has 4 heteroatoms. The lowest BCUT2D eigenvalue weighted by atomic mass is 9.87. The molecular weight excluding hydrogens is 336 g/mol. The van der Waals surface area contributed by atoms with E-state index in [1.807, 2.05) is 54.6 Å². The second-order valence-corrected chi connectivity index (χ2v) is 8.45. The molecule has 2 aromatic carbocycles. The minimum absolute atomic E-state index is 0.0436. The number of hydrogen-bond donors (Lipinski definition) is 1. The van der Waals surface area contributed by atoms with Gasteiger partial charge in [-0.3, -0.25) is 9.59 Å². The summed E-state index contributed by atoms with van der Waals surface area (Å²) in [5, 5.41) is 2.95. The molecule has 2 amide bonds. The first-order valence-electron chi connectivity index (χ1n) is 9.46. The number of anilines is 1. The van der Waals surface area contributed by atoms with Crippen LogP contribution in [0.2, 0.25) is 0 Å². The van der Waals surface area contributed by atoms with Crippen LogP contribution in [0.4, 0.5) is 5.69 Å². The molecule has 2 atom stereocenters. The Bertz CT molecular complexity index is 807. The first kappa shape index (κ1) is 19.2. The number of nitrogens with one attached hydrogen (secondary N) is 1. The largest absolute Gasteiger partial charge is 0.341 e. The van der Waals surface area contributed by atoms with E-state index >= 15 is 0 Å². The molecule has 1 fully saturated rings. The van der Waals surface area contributed by atoms with E-state index in [2.05, 4.69) is 26.1 Å². The molecule has 1 aliphatic rings. The molecule has 2 unspecified atom stereocenters. The van der Waals surface area contributed by atoms with E-state index in [1.165, 1.54) is 5.56 Å². The van der Waals surface area contributed by atoms with Crippen molar-refractivity contribution in [3.05, 3.63) is 65.7 Å². The van der Waals surface area contributed by atoms with Crippen molar-refractivity contribution in [2.75, 3.05) is 12.4 Å². The van der Waals surface area contributed by atoms with E-state index in [0.717, 1.165) is 11.3 Å². The van der Waals surface area contributed by atoms with Gasteiger partial charge in [0.05, 0.1) is 11.8 Å². The van der Waals surface area contributed by atoms with Gasteiger partial charge in [0.2, 0.25) is 11.8 Å². The van der Waals surface area contributed by atoms with Gasteiger partial charge in [-0.2, -0.15) is 0 Å². The lowest BCUT2D eigenvalue weighted by Crippen LogP contribution is -2.29. The number of rotatable bonds is 5. The summed E-state index contributed by atoms with van der Waals surface area (Å²) in [7, 11) is 1.80. The Morgan fingerprint density at radius 2 is 1.63 bits per heavy atom. The van der Waals surface area contributed by atoms with Crippen LogP contribution < -0.4 is 5.32 Å². The molecule has 2 aromatic rings. The molecule has 4 nitrogen and oxygen atoms in total. The number of amides is 2. The summed E-state index contributed by atoms with van der Waals surface area (Å²) in [6.45, 7) is 7.05. The standard InChI is InChI=1S/C23H28N2O2/c1-23(2,3)17-10-12-18(13-11-17)24-21(26)19-14-20(19)22(27)25(4)15-16-8-6-5-7-9-16/h5-13,19-20H,14-15H2,1-4H3,(H,24,26). The van der Waals surface area contributed by atoms with E-state index in [0.29, 0.717) is 13.0 Å². The molecular formula is C23H28N2O2. The van der Waals surface area contributed by atoms with E-state index in [9.17, 15) is 9.59 Å². The first-order valence-corrected chi connectivity index (χ1v) is 9.46. The van der Waals surface area contributed by atoms with Crippen LogP contribution in [-0.4, -0.2) is 23.8 Å². The summed E-state index contributed by atoms with van der Waals surface area (Å²) in [6, 6.07) is 17.8. The summed E-state index contributed by atoms with van der Waals surface area (Å²) in [5.74, 6) is -0.447. The molecule has 1 saturated carbocycles. The molecule has 1 aliphatic carbocycles. The molecule has 0 spiro atoms. The predicted octanol–water partition coefficient (Wildman–Crippen LogP) is 4.22. The second kappa shape index (κ2) is 7.55. The maximum atomic E-state index is 12.6. The molecule has 0 aliphatic heterocycles. The summed E-state index contributed by atoms with van der Waals surface area (Å²) in [6.07, 6.45) is 0.629. The number of benzene rings is 2. The van der Waals surface area contributed by atoms with E-state index in [-0.39, 0.29) is 29.1 Å². The van der Waals surface area contributed by atoms with Gasteiger partial charge < -0.3 is 10.2 Å². The fourth-order valence-electron chi connectivity index (χ4n) is 3.26. The van der Waals surface area contributed by atoms with E-state index < -0.39 is 0 Å². The first-order chi connectivity index (χ1) is 12.8. The molecule has 3 rings (SSSR count). The van der Waals surface area contributed by atoms with Crippen molar-refractivity contribution >= 4 is 17.5 Å². The summed E-state index contributed by atoms with van der Waals surface area (Å²) in [4.78, 5) is 26.8. The Morgan fingerprint density at radius 1 is 1.00 bits per heavy atom. The van der Waals surface area contributed by atoms with E-state index in [1.54, 1.807) is 11.9 Å². The van der Waals surface area contributed by atoms with Crippen LogP contribution >= 0.6 is 0 Å². The molecule has 0 saturated heterocycles. The van der Waals surface area contributed by atoms with Crippen LogP contribution in [0.25, 0.3) is 0 Å². The van der Waals surface area contributed by atoms with Gasteiger partial charge in [0.15, 0.2) is 0 Å². The van der Waals surface area contributed by atoms with Crippen LogP contribution in [0.15, 0.2) is 54.6 Å². The highest BCUT2D eigenvalue weighted by atomic mass is 16.2.